The maximum atomic E-state index is 12.6. The summed E-state index contributed by atoms with van der Waals surface area (Å²) in [5, 5.41) is 0. The summed E-state index contributed by atoms with van der Waals surface area (Å²) in [6.07, 6.45) is 14.5. The molecule has 4 nitrogen and oxygen atoms in total. The van der Waals surface area contributed by atoms with Gasteiger partial charge in [0.2, 0.25) is 5.91 Å². The molecule has 1 heterocycles. The Morgan fingerprint density at radius 1 is 0.840 bits per heavy atom. The molecule has 1 amide bonds. The summed E-state index contributed by atoms with van der Waals surface area (Å²) < 4.78 is 5.46. The normalized spacial score (nSPS) is 19.8. The van der Waals surface area contributed by atoms with E-state index in [4.69, 9.17) is 4.74 Å². The number of unbranched alkanes of at least 4 members (excludes halogenated alkanes) is 5. The van der Waals surface area contributed by atoms with E-state index in [9.17, 15) is 9.59 Å². The number of carbonyl (C=O) groups is 2. The van der Waals surface area contributed by atoms with Crippen LogP contribution in [0.5, 0.6) is 0 Å². The van der Waals surface area contributed by atoms with E-state index in [2.05, 4.69) is 6.92 Å². The van der Waals surface area contributed by atoms with Crippen LogP contribution in [0.2, 0.25) is 0 Å². The second-order valence-electron chi connectivity index (χ2n) is 7.87. The van der Waals surface area contributed by atoms with Crippen LogP contribution in [0.4, 0.5) is 0 Å². The van der Waals surface area contributed by atoms with Gasteiger partial charge in [0.25, 0.3) is 0 Å². The Kier molecular flexibility index (Phi) is 9.35. The Morgan fingerprint density at radius 3 is 2.16 bits per heavy atom. The minimum atomic E-state index is -0.0432. The molecule has 2 fully saturated rings. The number of piperidine rings is 1. The average Bonchev–Trinajstić information content (AvgIpc) is 2.67. The molecule has 0 bridgehead atoms. The van der Waals surface area contributed by atoms with Gasteiger partial charge < -0.3 is 9.64 Å². The van der Waals surface area contributed by atoms with E-state index in [1.807, 2.05) is 4.90 Å². The zero-order valence-corrected chi connectivity index (χ0v) is 16.1. The van der Waals surface area contributed by atoms with Crippen LogP contribution in [0, 0.1) is 11.8 Å². The maximum absolute atomic E-state index is 12.6. The first kappa shape index (κ1) is 20.3. The van der Waals surface area contributed by atoms with Crippen molar-refractivity contribution in [1.29, 1.82) is 0 Å². The molecule has 1 aliphatic carbocycles. The first-order valence-electron chi connectivity index (χ1n) is 10.7. The largest absolute Gasteiger partial charge is 0.465 e. The lowest BCUT2D eigenvalue weighted by Crippen LogP contribution is -2.43. The smallest absolute Gasteiger partial charge is 0.309 e. The third-order valence-electron chi connectivity index (χ3n) is 5.84. The lowest BCUT2D eigenvalue weighted by atomic mass is 9.87. The van der Waals surface area contributed by atoms with Crippen LogP contribution < -0.4 is 0 Å². The summed E-state index contributed by atoms with van der Waals surface area (Å²) in [6, 6.07) is 0. The number of hydrogen-bond acceptors (Lipinski definition) is 3. The Hall–Kier alpha value is -1.06. The van der Waals surface area contributed by atoms with Crippen molar-refractivity contribution in [1.82, 2.24) is 4.90 Å². The van der Waals surface area contributed by atoms with Crippen LogP contribution in [0.3, 0.4) is 0 Å². The van der Waals surface area contributed by atoms with Gasteiger partial charge in [-0.05, 0) is 32.1 Å². The molecule has 0 unspecified atom stereocenters. The standard InChI is InChI=1S/C21H37NO3/c1-2-3-4-5-6-10-17-25-21(24)19-13-15-22(16-14-19)20(23)18-11-8-7-9-12-18/h18-19H,2-17H2,1H3. The topological polar surface area (TPSA) is 46.6 Å². The third-order valence-corrected chi connectivity index (χ3v) is 5.84. The lowest BCUT2D eigenvalue weighted by molar-refractivity contribution is -0.152. The molecule has 0 atom stereocenters. The van der Waals surface area contributed by atoms with Crippen molar-refractivity contribution in [3.63, 3.8) is 0 Å². The molecular formula is C21H37NO3. The number of carbonyl (C=O) groups excluding carboxylic acids is 2. The molecule has 0 radical (unpaired) electrons. The first-order valence-corrected chi connectivity index (χ1v) is 10.7. The molecule has 0 aromatic heterocycles. The van der Waals surface area contributed by atoms with Gasteiger partial charge in [0.05, 0.1) is 12.5 Å². The molecule has 2 aliphatic rings. The van der Waals surface area contributed by atoms with Gasteiger partial charge in [0.15, 0.2) is 0 Å². The molecule has 4 heteroatoms. The highest BCUT2D eigenvalue weighted by Gasteiger charge is 2.31. The molecule has 0 N–H and O–H groups in total. The second-order valence-corrected chi connectivity index (χ2v) is 7.87. The summed E-state index contributed by atoms with van der Waals surface area (Å²) in [5.74, 6) is 0.525. The van der Waals surface area contributed by atoms with Gasteiger partial charge in [0.1, 0.15) is 0 Å². The number of nitrogens with zero attached hydrogens (tertiary/aromatic N) is 1. The van der Waals surface area contributed by atoms with Crippen molar-refractivity contribution < 1.29 is 14.3 Å². The highest BCUT2D eigenvalue weighted by atomic mass is 16.5. The quantitative estimate of drug-likeness (QED) is 0.446. The Bertz CT molecular complexity index is 396. The second kappa shape index (κ2) is 11.5. The number of rotatable bonds is 9. The Labute approximate surface area is 153 Å². The predicted octanol–water partition coefficient (Wildman–Crippen LogP) is 4.71. The summed E-state index contributed by atoms with van der Waals surface area (Å²) in [6.45, 7) is 4.24. The number of esters is 1. The van der Waals surface area contributed by atoms with Crippen molar-refractivity contribution >= 4 is 11.9 Å². The van der Waals surface area contributed by atoms with Crippen molar-refractivity contribution in [2.45, 2.75) is 90.4 Å². The number of amides is 1. The molecule has 0 aromatic rings. The van der Waals surface area contributed by atoms with Gasteiger partial charge in [-0.15, -0.1) is 0 Å². The van der Waals surface area contributed by atoms with Crippen molar-refractivity contribution in [2.75, 3.05) is 19.7 Å². The number of hydrogen-bond donors (Lipinski definition) is 0. The van der Waals surface area contributed by atoms with E-state index in [0.29, 0.717) is 12.5 Å². The Balaban J connectivity index is 1.57. The highest BCUT2D eigenvalue weighted by molar-refractivity contribution is 5.79. The summed E-state index contributed by atoms with van der Waals surface area (Å²) in [4.78, 5) is 26.7. The molecule has 25 heavy (non-hydrogen) atoms. The average molecular weight is 352 g/mol. The first-order chi connectivity index (χ1) is 12.2. The van der Waals surface area contributed by atoms with Crippen LogP contribution in [0.1, 0.15) is 90.4 Å². The molecule has 1 saturated heterocycles. The van der Waals surface area contributed by atoms with Crippen molar-refractivity contribution in [2.24, 2.45) is 11.8 Å². The minimum absolute atomic E-state index is 0.00417. The van der Waals surface area contributed by atoms with Crippen LogP contribution in [-0.4, -0.2) is 36.5 Å². The highest BCUT2D eigenvalue weighted by Crippen LogP contribution is 2.27. The van der Waals surface area contributed by atoms with E-state index in [0.717, 1.165) is 51.6 Å². The van der Waals surface area contributed by atoms with Crippen molar-refractivity contribution in [3.05, 3.63) is 0 Å². The van der Waals surface area contributed by atoms with Gasteiger partial charge >= 0.3 is 5.97 Å². The van der Waals surface area contributed by atoms with Crippen molar-refractivity contribution in [3.8, 4) is 0 Å². The fourth-order valence-corrected chi connectivity index (χ4v) is 4.12. The van der Waals surface area contributed by atoms with Crippen LogP contribution in [-0.2, 0) is 14.3 Å². The maximum Gasteiger partial charge on any atom is 0.309 e. The minimum Gasteiger partial charge on any atom is -0.465 e. The van der Waals surface area contributed by atoms with E-state index in [1.165, 1.54) is 44.9 Å². The molecule has 2 rings (SSSR count). The zero-order valence-electron chi connectivity index (χ0n) is 16.1. The van der Waals surface area contributed by atoms with E-state index in [1.54, 1.807) is 0 Å². The zero-order chi connectivity index (χ0) is 17.9. The van der Waals surface area contributed by atoms with Crippen LogP contribution in [0.15, 0.2) is 0 Å². The predicted molar refractivity (Wildman–Crippen MR) is 100 cm³/mol. The number of ether oxygens (including phenoxy) is 1. The van der Waals surface area contributed by atoms with Crippen LogP contribution in [0.25, 0.3) is 0 Å². The molecule has 1 aliphatic heterocycles. The monoisotopic (exact) mass is 351 g/mol. The summed E-state index contributed by atoms with van der Waals surface area (Å²) in [5.41, 5.74) is 0. The fourth-order valence-electron chi connectivity index (χ4n) is 4.12. The molecule has 1 saturated carbocycles. The van der Waals surface area contributed by atoms with Gasteiger partial charge in [-0.1, -0.05) is 58.3 Å². The SMILES string of the molecule is CCCCCCCCOC(=O)C1CCN(C(=O)C2CCCCC2)CC1. The number of likely N-dealkylation sites (tertiary alicyclic amines) is 1. The van der Waals surface area contributed by atoms with E-state index >= 15 is 0 Å². The van der Waals surface area contributed by atoms with E-state index in [-0.39, 0.29) is 17.8 Å². The van der Waals surface area contributed by atoms with Gasteiger partial charge in [-0.3, -0.25) is 9.59 Å². The van der Waals surface area contributed by atoms with E-state index < -0.39 is 0 Å². The Morgan fingerprint density at radius 2 is 1.48 bits per heavy atom. The fraction of sp³-hybridized carbons (Fsp3) is 0.905. The van der Waals surface area contributed by atoms with Crippen LogP contribution >= 0.6 is 0 Å². The molecule has 0 spiro atoms. The van der Waals surface area contributed by atoms with Gasteiger partial charge in [-0.2, -0.15) is 0 Å². The van der Waals surface area contributed by atoms with Gasteiger partial charge in [-0.25, -0.2) is 0 Å². The lowest BCUT2D eigenvalue weighted by Gasteiger charge is -2.34. The third kappa shape index (κ3) is 6.99. The molecule has 144 valence electrons. The van der Waals surface area contributed by atoms with Gasteiger partial charge in [0, 0.05) is 19.0 Å². The molecule has 0 aromatic carbocycles. The molecular weight excluding hydrogens is 314 g/mol. The summed E-state index contributed by atoms with van der Waals surface area (Å²) >= 11 is 0. The summed E-state index contributed by atoms with van der Waals surface area (Å²) in [7, 11) is 0.